The van der Waals surface area contributed by atoms with Crippen LogP contribution in [0.4, 0.5) is 0 Å². The summed E-state index contributed by atoms with van der Waals surface area (Å²) in [5.74, 6) is 1.91. The van der Waals surface area contributed by atoms with E-state index >= 15 is 0 Å². The summed E-state index contributed by atoms with van der Waals surface area (Å²) < 4.78 is 25.7. The van der Waals surface area contributed by atoms with Crippen LogP contribution in [0.15, 0.2) is 152 Å². The molecular formula is C54H63O5Si. The standard InChI is InChI=1S/C54H63O5Si/c1-42-48(50(52(56-6)51(55-5)49(42)53(2,3)4)58-59-60(46-36-24-16-25-37-46)47-38-26-17-27-39-47)40-28-11-9-7-8-10-12-29-41-57-54(43-30-18-13-19-31-43,44-32-20-14-21-33-44)45-34-22-15-23-35-45/h13-27,30-39H,7-12,28-29,40-41H2,1-6H3. The molecule has 0 saturated carbocycles. The van der Waals surface area contributed by atoms with Crippen molar-refractivity contribution in [3.63, 3.8) is 0 Å². The molecule has 0 aliphatic heterocycles. The van der Waals surface area contributed by atoms with Crippen LogP contribution in [-0.4, -0.2) is 29.9 Å². The van der Waals surface area contributed by atoms with Gasteiger partial charge in [-0.05, 0) is 64.2 Å². The molecule has 0 bridgehead atoms. The number of ether oxygens (including phenoxy) is 3. The topological polar surface area (TPSA) is 46.2 Å². The van der Waals surface area contributed by atoms with Gasteiger partial charge < -0.3 is 19.1 Å². The Hall–Kier alpha value is -5.14. The molecule has 6 rings (SSSR count). The Bertz CT molecular complexity index is 2020. The highest BCUT2D eigenvalue weighted by Gasteiger charge is 2.37. The summed E-state index contributed by atoms with van der Waals surface area (Å²) in [6.45, 7) is 9.55. The molecule has 0 fully saturated rings. The summed E-state index contributed by atoms with van der Waals surface area (Å²) in [4.78, 5) is 6.49. The van der Waals surface area contributed by atoms with Crippen LogP contribution >= 0.6 is 0 Å². The summed E-state index contributed by atoms with van der Waals surface area (Å²) in [5.41, 5.74) is 6.05. The van der Waals surface area contributed by atoms with Crippen molar-refractivity contribution in [2.45, 2.75) is 96.5 Å². The molecule has 0 amide bonds. The van der Waals surface area contributed by atoms with Crippen molar-refractivity contribution in [2.24, 2.45) is 0 Å². The first-order valence-corrected chi connectivity index (χ1v) is 23.1. The maximum absolute atomic E-state index is 7.01. The number of methoxy groups -OCH3 is 2. The minimum atomic E-state index is -1.72. The van der Waals surface area contributed by atoms with E-state index < -0.39 is 14.6 Å². The number of hydrogen-bond donors (Lipinski definition) is 0. The molecule has 6 aromatic carbocycles. The second-order valence-electron chi connectivity index (χ2n) is 16.6. The molecule has 6 aromatic rings. The third-order valence-corrected chi connectivity index (χ3v) is 13.3. The van der Waals surface area contributed by atoms with Crippen LogP contribution in [0.1, 0.15) is 106 Å². The molecule has 5 nitrogen and oxygen atoms in total. The lowest BCUT2D eigenvalue weighted by atomic mass is 9.80. The van der Waals surface area contributed by atoms with Gasteiger partial charge in [0.2, 0.25) is 11.5 Å². The van der Waals surface area contributed by atoms with E-state index in [4.69, 9.17) is 23.7 Å². The van der Waals surface area contributed by atoms with E-state index in [1.807, 2.05) is 36.4 Å². The fourth-order valence-electron chi connectivity index (χ4n) is 8.50. The Labute approximate surface area is 361 Å². The molecule has 0 aliphatic rings. The number of rotatable bonds is 22. The molecule has 0 N–H and O–H groups in total. The van der Waals surface area contributed by atoms with Crippen LogP contribution in [0.25, 0.3) is 0 Å². The molecule has 1 radical (unpaired) electrons. The predicted molar refractivity (Wildman–Crippen MR) is 248 cm³/mol. The summed E-state index contributed by atoms with van der Waals surface area (Å²) >= 11 is 0. The summed E-state index contributed by atoms with van der Waals surface area (Å²) in [6.07, 6.45) is 10.0. The first-order valence-electron chi connectivity index (χ1n) is 21.7. The Kier molecular flexibility index (Phi) is 16.2. The second-order valence-corrected chi connectivity index (χ2v) is 18.5. The van der Waals surface area contributed by atoms with Crippen molar-refractivity contribution in [1.82, 2.24) is 0 Å². The third-order valence-electron chi connectivity index (χ3n) is 11.4. The third kappa shape index (κ3) is 10.8. The van der Waals surface area contributed by atoms with Gasteiger partial charge in [0.15, 0.2) is 5.75 Å². The first-order chi connectivity index (χ1) is 29.3. The first kappa shape index (κ1) is 44.4. The average Bonchev–Trinajstić information content (AvgIpc) is 3.28. The maximum Gasteiger partial charge on any atom is 0.347 e. The van der Waals surface area contributed by atoms with Crippen molar-refractivity contribution in [3.05, 3.63) is 185 Å². The maximum atomic E-state index is 7.01. The molecule has 60 heavy (non-hydrogen) atoms. The van der Waals surface area contributed by atoms with Gasteiger partial charge >= 0.3 is 9.04 Å². The molecule has 0 aromatic heterocycles. The highest BCUT2D eigenvalue weighted by atomic mass is 28.3. The lowest BCUT2D eigenvalue weighted by molar-refractivity contribution is -0.104. The van der Waals surface area contributed by atoms with E-state index in [1.165, 1.54) is 31.2 Å². The minimum Gasteiger partial charge on any atom is -0.492 e. The number of hydrogen-bond acceptors (Lipinski definition) is 5. The van der Waals surface area contributed by atoms with E-state index in [2.05, 4.69) is 143 Å². The smallest absolute Gasteiger partial charge is 0.347 e. The largest absolute Gasteiger partial charge is 0.492 e. The van der Waals surface area contributed by atoms with E-state index in [1.54, 1.807) is 14.2 Å². The molecule has 0 spiro atoms. The van der Waals surface area contributed by atoms with E-state index in [-0.39, 0.29) is 5.41 Å². The van der Waals surface area contributed by atoms with Gasteiger partial charge in [0.05, 0.1) is 14.2 Å². The summed E-state index contributed by atoms with van der Waals surface area (Å²) in [6, 6.07) is 52.7. The van der Waals surface area contributed by atoms with Gasteiger partial charge in [-0.25, -0.2) is 4.58 Å². The van der Waals surface area contributed by atoms with Crippen LogP contribution in [0.5, 0.6) is 17.2 Å². The fraction of sp³-hybridized carbons (Fsp3) is 0.333. The Morgan fingerprint density at radius 3 is 1.28 bits per heavy atom. The molecule has 0 atom stereocenters. The van der Waals surface area contributed by atoms with Crippen LogP contribution in [0.2, 0.25) is 0 Å². The Morgan fingerprint density at radius 2 is 0.867 bits per heavy atom. The monoisotopic (exact) mass is 819 g/mol. The van der Waals surface area contributed by atoms with Crippen molar-refractivity contribution < 1.29 is 23.7 Å². The van der Waals surface area contributed by atoms with Gasteiger partial charge in [0, 0.05) is 17.7 Å². The van der Waals surface area contributed by atoms with Crippen molar-refractivity contribution >= 4 is 19.4 Å². The van der Waals surface area contributed by atoms with Gasteiger partial charge in [0.25, 0.3) is 0 Å². The zero-order valence-corrected chi connectivity index (χ0v) is 37.5. The van der Waals surface area contributed by atoms with Gasteiger partial charge in [0.1, 0.15) is 5.60 Å². The summed E-state index contributed by atoms with van der Waals surface area (Å²) in [5, 5.41) is 2.22. The molecule has 0 aliphatic carbocycles. The molecule has 0 unspecified atom stereocenters. The number of benzene rings is 6. The average molecular weight is 820 g/mol. The van der Waals surface area contributed by atoms with E-state index in [0.29, 0.717) is 23.9 Å². The summed E-state index contributed by atoms with van der Waals surface area (Å²) in [7, 11) is 1.67. The SMILES string of the molecule is COc1c(OO[Si](c2ccccc2)c2ccccc2)c(CCCCCCCCCCOC(c2ccccc2)(c2ccccc2)c2ccccc2)c(C)c(C(C)(C)C)c1OC. The Balaban J connectivity index is 1.06. The van der Waals surface area contributed by atoms with Crippen LogP contribution in [-0.2, 0) is 26.8 Å². The van der Waals surface area contributed by atoms with Crippen LogP contribution in [0.3, 0.4) is 0 Å². The van der Waals surface area contributed by atoms with Crippen molar-refractivity contribution in [3.8, 4) is 17.2 Å². The molecule has 6 heteroatoms. The van der Waals surface area contributed by atoms with Gasteiger partial charge in [-0.15, -0.1) is 0 Å². The highest BCUT2D eigenvalue weighted by molar-refractivity contribution is 6.79. The van der Waals surface area contributed by atoms with Crippen LogP contribution < -0.4 is 24.7 Å². The quantitative estimate of drug-likeness (QED) is 0.0224. The van der Waals surface area contributed by atoms with Gasteiger partial charge in [-0.1, -0.05) is 211 Å². The van der Waals surface area contributed by atoms with Crippen LogP contribution in [0, 0.1) is 6.92 Å². The van der Waals surface area contributed by atoms with Crippen molar-refractivity contribution in [2.75, 3.05) is 20.8 Å². The van der Waals surface area contributed by atoms with E-state index in [9.17, 15) is 0 Å². The lowest BCUT2D eigenvalue weighted by Gasteiger charge is -2.36. The molecule has 313 valence electrons. The van der Waals surface area contributed by atoms with E-state index in [0.717, 1.165) is 70.3 Å². The van der Waals surface area contributed by atoms with Crippen molar-refractivity contribution in [1.29, 1.82) is 0 Å². The number of unbranched alkanes of at least 4 members (excludes halogenated alkanes) is 7. The highest BCUT2D eigenvalue weighted by Crippen LogP contribution is 2.50. The Morgan fingerprint density at radius 1 is 0.467 bits per heavy atom. The normalized spacial score (nSPS) is 11.8. The van der Waals surface area contributed by atoms with Gasteiger partial charge in [-0.3, -0.25) is 0 Å². The fourth-order valence-corrected chi connectivity index (χ4v) is 10.2. The zero-order chi connectivity index (χ0) is 42.2. The second kappa shape index (κ2) is 21.9. The molecule has 0 heterocycles. The van der Waals surface area contributed by atoms with Gasteiger partial charge in [-0.2, -0.15) is 0 Å². The molecular weight excluding hydrogens is 757 g/mol. The zero-order valence-electron chi connectivity index (χ0n) is 36.5. The predicted octanol–water partition coefficient (Wildman–Crippen LogP) is 12.1. The molecule has 0 saturated heterocycles. The lowest BCUT2D eigenvalue weighted by Crippen LogP contribution is -2.45. The minimum absolute atomic E-state index is 0.170.